The van der Waals surface area contributed by atoms with E-state index in [1.54, 1.807) is 11.8 Å². The van der Waals surface area contributed by atoms with Gasteiger partial charge in [0.05, 0.1) is 12.0 Å². The minimum Gasteiger partial charge on any atom is -0.481 e. The molecule has 98 valence electrons. The van der Waals surface area contributed by atoms with Crippen LogP contribution in [0.1, 0.15) is 25.7 Å². The highest BCUT2D eigenvalue weighted by molar-refractivity contribution is 7.98. The molecule has 0 spiro atoms. The molecule has 0 heterocycles. The molecule has 1 aliphatic carbocycles. The zero-order chi connectivity index (χ0) is 12.8. The largest absolute Gasteiger partial charge is 0.481 e. The van der Waals surface area contributed by atoms with E-state index < -0.39 is 12.0 Å². The lowest BCUT2D eigenvalue weighted by atomic mass is 10.1. The number of carbonyl (C=O) groups is 2. The van der Waals surface area contributed by atoms with Gasteiger partial charge in [0.1, 0.15) is 0 Å². The van der Waals surface area contributed by atoms with Crippen LogP contribution in [0.4, 0.5) is 0 Å². The van der Waals surface area contributed by atoms with Crippen molar-refractivity contribution in [2.75, 3.05) is 12.0 Å². The molecule has 5 nitrogen and oxygen atoms in total. The first-order valence-electron chi connectivity index (χ1n) is 5.82. The summed E-state index contributed by atoms with van der Waals surface area (Å²) in [7, 11) is 0. The Hall–Kier alpha value is -0.750. The van der Waals surface area contributed by atoms with E-state index in [-0.39, 0.29) is 17.9 Å². The third-order valence-electron chi connectivity index (χ3n) is 3.10. The van der Waals surface area contributed by atoms with Gasteiger partial charge >= 0.3 is 5.97 Å². The topological polar surface area (TPSA) is 92.4 Å². The maximum atomic E-state index is 11.7. The summed E-state index contributed by atoms with van der Waals surface area (Å²) < 4.78 is 0. The molecule has 0 aromatic rings. The highest BCUT2D eigenvalue weighted by atomic mass is 32.2. The quantitative estimate of drug-likeness (QED) is 0.644. The minimum absolute atomic E-state index is 0.0241. The molecule has 4 N–H and O–H groups in total. The Bertz CT molecular complexity index is 286. The SMILES string of the molecule is CSCC[C@@H](N)C(=O)NC1CCC(C(=O)O)C1. The van der Waals surface area contributed by atoms with Crippen LogP contribution < -0.4 is 11.1 Å². The number of carboxylic acid groups (broad SMARTS) is 1. The molecule has 0 aromatic carbocycles. The normalized spacial score (nSPS) is 25.5. The summed E-state index contributed by atoms with van der Waals surface area (Å²) in [5, 5.41) is 11.7. The highest BCUT2D eigenvalue weighted by Crippen LogP contribution is 2.25. The molecule has 17 heavy (non-hydrogen) atoms. The lowest BCUT2D eigenvalue weighted by Crippen LogP contribution is -2.45. The maximum absolute atomic E-state index is 11.7. The van der Waals surface area contributed by atoms with Gasteiger partial charge in [-0.3, -0.25) is 9.59 Å². The average Bonchev–Trinajstić information content (AvgIpc) is 2.74. The summed E-state index contributed by atoms with van der Waals surface area (Å²) in [6.07, 6.45) is 4.52. The van der Waals surface area contributed by atoms with Gasteiger partial charge in [0.15, 0.2) is 0 Å². The van der Waals surface area contributed by atoms with Crippen LogP contribution in [0.5, 0.6) is 0 Å². The molecular weight excluding hydrogens is 240 g/mol. The molecule has 1 amide bonds. The molecule has 1 rings (SSSR count). The number of amides is 1. The van der Waals surface area contributed by atoms with Crippen molar-refractivity contribution >= 4 is 23.6 Å². The van der Waals surface area contributed by atoms with Gasteiger partial charge in [0.25, 0.3) is 0 Å². The summed E-state index contributed by atoms with van der Waals surface area (Å²) in [5.41, 5.74) is 5.73. The van der Waals surface area contributed by atoms with Gasteiger partial charge in [0.2, 0.25) is 5.91 Å². The number of nitrogens with two attached hydrogens (primary N) is 1. The van der Waals surface area contributed by atoms with E-state index in [9.17, 15) is 9.59 Å². The number of rotatable bonds is 6. The van der Waals surface area contributed by atoms with E-state index >= 15 is 0 Å². The Morgan fingerprint density at radius 1 is 1.53 bits per heavy atom. The van der Waals surface area contributed by atoms with Gasteiger partial charge in [0, 0.05) is 6.04 Å². The van der Waals surface area contributed by atoms with Crippen molar-refractivity contribution in [2.45, 2.75) is 37.8 Å². The minimum atomic E-state index is -0.770. The summed E-state index contributed by atoms with van der Waals surface area (Å²) in [6.45, 7) is 0. The number of carboxylic acids is 1. The predicted molar refractivity (Wildman–Crippen MR) is 67.9 cm³/mol. The van der Waals surface area contributed by atoms with E-state index in [1.807, 2.05) is 6.26 Å². The Balaban J connectivity index is 2.30. The first-order chi connectivity index (χ1) is 8.04. The summed E-state index contributed by atoms with van der Waals surface area (Å²) in [5.74, 6) is -0.386. The Kier molecular flexibility index (Phi) is 5.77. The fraction of sp³-hybridized carbons (Fsp3) is 0.818. The van der Waals surface area contributed by atoms with Crippen LogP contribution in [0.2, 0.25) is 0 Å². The number of nitrogens with one attached hydrogen (secondary N) is 1. The monoisotopic (exact) mass is 260 g/mol. The molecule has 2 unspecified atom stereocenters. The van der Waals surface area contributed by atoms with Crippen molar-refractivity contribution in [3.8, 4) is 0 Å². The smallest absolute Gasteiger partial charge is 0.306 e. The van der Waals surface area contributed by atoms with Crippen molar-refractivity contribution in [2.24, 2.45) is 11.7 Å². The molecule has 1 saturated carbocycles. The predicted octanol–water partition coefficient (Wildman–Crippen LogP) is 0.436. The van der Waals surface area contributed by atoms with Crippen molar-refractivity contribution in [1.29, 1.82) is 0 Å². The van der Waals surface area contributed by atoms with E-state index in [2.05, 4.69) is 5.32 Å². The summed E-state index contributed by atoms with van der Waals surface area (Å²) in [4.78, 5) is 22.5. The fourth-order valence-electron chi connectivity index (χ4n) is 2.02. The van der Waals surface area contributed by atoms with Gasteiger partial charge in [-0.15, -0.1) is 0 Å². The van der Waals surface area contributed by atoms with Crippen molar-refractivity contribution in [3.63, 3.8) is 0 Å². The standard InChI is InChI=1S/C11H20N2O3S/c1-17-5-4-9(12)10(14)13-8-3-2-7(6-8)11(15)16/h7-9H,2-6,12H2,1H3,(H,13,14)(H,15,16)/t7?,8?,9-/m1/s1. The molecule has 0 aliphatic heterocycles. The first kappa shape index (κ1) is 14.3. The summed E-state index contributed by atoms with van der Waals surface area (Å²) in [6, 6.07) is -0.504. The molecule has 1 fully saturated rings. The van der Waals surface area contributed by atoms with Crippen LogP contribution in [-0.2, 0) is 9.59 Å². The van der Waals surface area contributed by atoms with Crippen LogP contribution in [0.25, 0.3) is 0 Å². The van der Waals surface area contributed by atoms with Gasteiger partial charge in [-0.05, 0) is 37.7 Å². The van der Waals surface area contributed by atoms with Crippen LogP contribution >= 0.6 is 11.8 Å². The molecule has 0 bridgehead atoms. The maximum Gasteiger partial charge on any atom is 0.306 e. The molecule has 0 radical (unpaired) electrons. The number of thioether (sulfide) groups is 1. The van der Waals surface area contributed by atoms with Gasteiger partial charge in [-0.2, -0.15) is 11.8 Å². The van der Waals surface area contributed by atoms with Crippen LogP contribution in [0.3, 0.4) is 0 Å². The number of hydrogen-bond donors (Lipinski definition) is 3. The molecule has 6 heteroatoms. The van der Waals surface area contributed by atoms with Gasteiger partial charge < -0.3 is 16.2 Å². The second-order valence-corrected chi connectivity index (χ2v) is 5.43. The Labute approximate surface area is 106 Å². The molecule has 1 aliphatic rings. The highest BCUT2D eigenvalue weighted by Gasteiger charge is 2.31. The molecule has 0 aromatic heterocycles. The van der Waals surface area contributed by atoms with Crippen molar-refractivity contribution in [3.05, 3.63) is 0 Å². The van der Waals surface area contributed by atoms with Crippen LogP contribution in [0.15, 0.2) is 0 Å². The molecular formula is C11H20N2O3S. The van der Waals surface area contributed by atoms with E-state index in [0.29, 0.717) is 19.3 Å². The third kappa shape index (κ3) is 4.55. The van der Waals surface area contributed by atoms with Crippen molar-refractivity contribution < 1.29 is 14.7 Å². The number of carbonyl (C=O) groups excluding carboxylic acids is 1. The number of aliphatic carboxylic acids is 1. The van der Waals surface area contributed by atoms with E-state index in [4.69, 9.17) is 10.8 Å². The third-order valence-corrected chi connectivity index (χ3v) is 3.74. The second kappa shape index (κ2) is 6.86. The average molecular weight is 260 g/mol. The lowest BCUT2D eigenvalue weighted by molar-refractivity contribution is -0.141. The van der Waals surface area contributed by atoms with Crippen molar-refractivity contribution in [1.82, 2.24) is 5.32 Å². The van der Waals surface area contributed by atoms with Crippen LogP contribution in [0, 0.1) is 5.92 Å². The van der Waals surface area contributed by atoms with E-state index in [1.165, 1.54) is 0 Å². The number of hydrogen-bond acceptors (Lipinski definition) is 4. The van der Waals surface area contributed by atoms with E-state index in [0.717, 1.165) is 12.2 Å². The zero-order valence-electron chi connectivity index (χ0n) is 10.0. The first-order valence-corrected chi connectivity index (χ1v) is 7.21. The zero-order valence-corrected chi connectivity index (χ0v) is 10.8. The van der Waals surface area contributed by atoms with Gasteiger partial charge in [-0.1, -0.05) is 0 Å². The Morgan fingerprint density at radius 2 is 2.24 bits per heavy atom. The fourth-order valence-corrected chi connectivity index (χ4v) is 2.51. The molecule has 0 saturated heterocycles. The second-order valence-electron chi connectivity index (χ2n) is 4.44. The lowest BCUT2D eigenvalue weighted by Gasteiger charge is -2.16. The van der Waals surface area contributed by atoms with Crippen LogP contribution in [-0.4, -0.2) is 41.1 Å². The molecule has 3 atom stereocenters. The van der Waals surface area contributed by atoms with Gasteiger partial charge in [-0.25, -0.2) is 0 Å². The summed E-state index contributed by atoms with van der Waals surface area (Å²) >= 11 is 1.66. The Morgan fingerprint density at radius 3 is 2.76 bits per heavy atom.